The predicted octanol–water partition coefficient (Wildman–Crippen LogP) is 1.41. The average Bonchev–Trinajstić information content (AvgIpc) is 2.43. The Kier molecular flexibility index (Phi) is 6.02. The minimum absolute atomic E-state index is 0.0467. The van der Waals surface area contributed by atoms with Crippen molar-refractivity contribution in [2.24, 2.45) is 5.92 Å². The van der Waals surface area contributed by atoms with Crippen LogP contribution in [0.5, 0.6) is 0 Å². The van der Waals surface area contributed by atoms with Gasteiger partial charge in [-0.15, -0.1) is 0 Å². The quantitative estimate of drug-likeness (QED) is 0.650. The lowest BCUT2D eigenvalue weighted by Crippen LogP contribution is -2.25. The molecule has 0 aromatic heterocycles. The Labute approximate surface area is 112 Å². The van der Waals surface area contributed by atoms with Gasteiger partial charge in [-0.3, -0.25) is 9.59 Å². The molecule has 1 unspecified atom stereocenters. The third-order valence-electron chi connectivity index (χ3n) is 2.92. The van der Waals surface area contributed by atoms with E-state index in [1.54, 1.807) is 31.2 Å². The van der Waals surface area contributed by atoms with Gasteiger partial charge >= 0.3 is 5.97 Å². The zero-order valence-electron chi connectivity index (χ0n) is 10.9. The first-order valence-corrected chi connectivity index (χ1v) is 6.25. The second-order valence-electron chi connectivity index (χ2n) is 4.49. The second kappa shape index (κ2) is 7.53. The first-order valence-electron chi connectivity index (χ1n) is 6.25. The van der Waals surface area contributed by atoms with Gasteiger partial charge in [0.05, 0.1) is 12.5 Å². The minimum Gasteiger partial charge on any atom is -0.481 e. The lowest BCUT2D eigenvalue weighted by atomic mass is 10.1. The lowest BCUT2D eigenvalue weighted by Gasteiger charge is -2.07. The zero-order chi connectivity index (χ0) is 14.3. The van der Waals surface area contributed by atoms with E-state index in [-0.39, 0.29) is 18.4 Å². The van der Waals surface area contributed by atoms with Gasteiger partial charge in [0.25, 0.3) is 5.91 Å². The molecule has 1 rings (SSSR count). The van der Waals surface area contributed by atoms with Crippen molar-refractivity contribution in [1.82, 2.24) is 5.32 Å². The molecule has 19 heavy (non-hydrogen) atoms. The molecular formula is C14H19NO4. The summed E-state index contributed by atoms with van der Waals surface area (Å²) in [6.07, 6.45) is 1.17. The van der Waals surface area contributed by atoms with Crippen LogP contribution in [-0.2, 0) is 11.4 Å². The maximum Gasteiger partial charge on any atom is 0.306 e. The number of rotatable bonds is 7. The minimum atomic E-state index is -0.814. The van der Waals surface area contributed by atoms with Crippen molar-refractivity contribution in [2.75, 3.05) is 6.54 Å². The number of carbonyl (C=O) groups excluding carboxylic acids is 1. The molecule has 0 fully saturated rings. The Balaban J connectivity index is 2.32. The number of hydrogen-bond acceptors (Lipinski definition) is 3. The highest BCUT2D eigenvalue weighted by Crippen LogP contribution is 2.06. The molecule has 0 saturated carbocycles. The summed E-state index contributed by atoms with van der Waals surface area (Å²) in [6.45, 7) is 2.06. The fraction of sp³-hybridized carbons (Fsp3) is 0.429. The topological polar surface area (TPSA) is 86.6 Å². The molecule has 0 saturated heterocycles. The molecular weight excluding hydrogens is 246 g/mol. The zero-order valence-corrected chi connectivity index (χ0v) is 10.9. The molecule has 1 atom stereocenters. The highest BCUT2D eigenvalue weighted by molar-refractivity contribution is 5.94. The van der Waals surface area contributed by atoms with Crippen molar-refractivity contribution in [1.29, 1.82) is 0 Å². The Morgan fingerprint density at radius 3 is 2.42 bits per heavy atom. The summed E-state index contributed by atoms with van der Waals surface area (Å²) < 4.78 is 0. The molecule has 1 aromatic rings. The Morgan fingerprint density at radius 1 is 1.26 bits per heavy atom. The monoisotopic (exact) mass is 265 g/mol. The fourth-order valence-corrected chi connectivity index (χ4v) is 1.60. The van der Waals surface area contributed by atoms with Crippen LogP contribution in [0, 0.1) is 5.92 Å². The lowest BCUT2D eigenvalue weighted by molar-refractivity contribution is -0.141. The van der Waals surface area contributed by atoms with Crippen LogP contribution >= 0.6 is 0 Å². The number of aliphatic hydroxyl groups is 1. The highest BCUT2D eigenvalue weighted by Gasteiger charge is 2.10. The fourth-order valence-electron chi connectivity index (χ4n) is 1.60. The van der Waals surface area contributed by atoms with E-state index < -0.39 is 5.97 Å². The summed E-state index contributed by atoms with van der Waals surface area (Å²) in [7, 11) is 0. The van der Waals surface area contributed by atoms with Gasteiger partial charge in [-0.2, -0.15) is 0 Å². The number of aliphatic hydroxyl groups excluding tert-OH is 1. The molecule has 104 valence electrons. The summed E-state index contributed by atoms with van der Waals surface area (Å²) >= 11 is 0. The largest absolute Gasteiger partial charge is 0.481 e. The summed E-state index contributed by atoms with van der Waals surface area (Å²) in [5.41, 5.74) is 1.29. The van der Waals surface area contributed by atoms with Crippen molar-refractivity contribution in [3.8, 4) is 0 Å². The molecule has 0 radical (unpaired) electrons. The maximum absolute atomic E-state index is 11.7. The van der Waals surface area contributed by atoms with Crippen molar-refractivity contribution in [3.63, 3.8) is 0 Å². The highest BCUT2D eigenvalue weighted by atomic mass is 16.4. The van der Waals surface area contributed by atoms with Gasteiger partial charge in [-0.1, -0.05) is 19.1 Å². The van der Waals surface area contributed by atoms with E-state index in [2.05, 4.69) is 5.32 Å². The number of benzene rings is 1. The molecule has 0 heterocycles. The smallest absolute Gasteiger partial charge is 0.306 e. The Bertz CT molecular complexity index is 428. The average molecular weight is 265 g/mol. The molecule has 5 heteroatoms. The first-order chi connectivity index (χ1) is 9.04. The van der Waals surface area contributed by atoms with Gasteiger partial charge in [0.15, 0.2) is 0 Å². The van der Waals surface area contributed by atoms with E-state index in [1.807, 2.05) is 0 Å². The second-order valence-corrected chi connectivity index (χ2v) is 4.49. The summed E-state index contributed by atoms with van der Waals surface area (Å²) in [5, 5.41) is 20.3. The van der Waals surface area contributed by atoms with Crippen molar-refractivity contribution in [3.05, 3.63) is 35.4 Å². The van der Waals surface area contributed by atoms with Crippen LogP contribution in [-0.4, -0.2) is 28.6 Å². The standard InChI is InChI=1S/C14H19NO4/c1-10(14(18)19)3-2-8-15-13(17)12-6-4-11(9-16)5-7-12/h4-7,10,16H,2-3,8-9H2,1H3,(H,15,17)(H,18,19). The number of nitrogens with one attached hydrogen (secondary N) is 1. The number of carboxylic acids is 1. The van der Waals surface area contributed by atoms with Crippen molar-refractivity contribution >= 4 is 11.9 Å². The molecule has 1 amide bonds. The summed E-state index contributed by atoms with van der Waals surface area (Å²) in [4.78, 5) is 22.3. The van der Waals surface area contributed by atoms with Crippen LogP contribution in [0.15, 0.2) is 24.3 Å². The predicted molar refractivity (Wildman–Crippen MR) is 70.7 cm³/mol. The Morgan fingerprint density at radius 2 is 1.89 bits per heavy atom. The van der Waals surface area contributed by atoms with Crippen LogP contribution in [0.25, 0.3) is 0 Å². The van der Waals surface area contributed by atoms with E-state index in [9.17, 15) is 9.59 Å². The van der Waals surface area contributed by atoms with E-state index in [4.69, 9.17) is 10.2 Å². The molecule has 5 nitrogen and oxygen atoms in total. The first kappa shape index (κ1) is 15.2. The number of amides is 1. The van der Waals surface area contributed by atoms with Crippen molar-refractivity contribution in [2.45, 2.75) is 26.4 Å². The van der Waals surface area contributed by atoms with E-state index in [0.29, 0.717) is 24.9 Å². The van der Waals surface area contributed by atoms with Gasteiger partial charge in [0, 0.05) is 12.1 Å². The SMILES string of the molecule is CC(CCCNC(=O)c1ccc(CO)cc1)C(=O)O. The maximum atomic E-state index is 11.7. The van der Waals surface area contributed by atoms with Crippen LogP contribution in [0.3, 0.4) is 0 Å². The van der Waals surface area contributed by atoms with Gasteiger partial charge in [-0.25, -0.2) is 0 Å². The number of aliphatic carboxylic acids is 1. The van der Waals surface area contributed by atoms with Gasteiger partial charge in [0.1, 0.15) is 0 Å². The number of carbonyl (C=O) groups is 2. The number of hydrogen-bond donors (Lipinski definition) is 3. The van der Waals surface area contributed by atoms with Gasteiger partial charge in [0.2, 0.25) is 0 Å². The molecule has 3 N–H and O–H groups in total. The molecule has 1 aromatic carbocycles. The third kappa shape index (κ3) is 5.09. The molecule has 0 aliphatic heterocycles. The summed E-state index contributed by atoms with van der Waals surface area (Å²) in [5.74, 6) is -1.39. The Hall–Kier alpha value is -1.88. The van der Waals surface area contributed by atoms with Gasteiger partial charge in [-0.05, 0) is 30.5 Å². The molecule has 0 bridgehead atoms. The van der Waals surface area contributed by atoms with Crippen LogP contribution in [0.1, 0.15) is 35.7 Å². The van der Waals surface area contributed by atoms with E-state index in [1.165, 1.54) is 0 Å². The number of carboxylic acid groups (broad SMARTS) is 1. The third-order valence-corrected chi connectivity index (χ3v) is 2.92. The van der Waals surface area contributed by atoms with E-state index >= 15 is 0 Å². The van der Waals surface area contributed by atoms with Gasteiger partial charge < -0.3 is 15.5 Å². The normalized spacial score (nSPS) is 11.9. The van der Waals surface area contributed by atoms with Crippen molar-refractivity contribution < 1.29 is 19.8 Å². The van der Waals surface area contributed by atoms with E-state index in [0.717, 1.165) is 5.56 Å². The summed E-state index contributed by atoms with van der Waals surface area (Å²) in [6, 6.07) is 6.70. The van der Waals surface area contributed by atoms with Crippen LogP contribution in [0.2, 0.25) is 0 Å². The molecule has 0 aliphatic carbocycles. The van der Waals surface area contributed by atoms with Crippen LogP contribution in [0.4, 0.5) is 0 Å². The molecule has 0 aliphatic rings. The van der Waals surface area contributed by atoms with Crippen LogP contribution < -0.4 is 5.32 Å². The molecule has 0 spiro atoms.